The monoisotopic (exact) mass is 1500 g/mol. The van der Waals surface area contributed by atoms with E-state index in [4.69, 9.17) is 23.1 Å². The van der Waals surface area contributed by atoms with Crippen LogP contribution in [0.2, 0.25) is 0 Å². The second kappa shape index (κ2) is 39.9. The van der Waals surface area contributed by atoms with Crippen molar-refractivity contribution >= 4 is 82.7 Å². The third-order valence-electron chi connectivity index (χ3n) is 21.4. The molecule has 8 heterocycles. The van der Waals surface area contributed by atoms with Gasteiger partial charge in [-0.1, -0.05) is 81.5 Å². The highest BCUT2D eigenvalue weighted by atomic mass is 16.6. The Morgan fingerprint density at radius 2 is 0.889 bits per heavy atom. The molecule has 30 heteroatoms. The molecule has 10 amide bonds. The van der Waals surface area contributed by atoms with Gasteiger partial charge in [0.1, 0.15) is 42.0 Å². The number of nitrogens with one attached hydrogen (secondary N) is 10. The summed E-state index contributed by atoms with van der Waals surface area (Å²) in [4.78, 5) is 170. The van der Waals surface area contributed by atoms with Crippen molar-refractivity contribution in [2.45, 2.75) is 254 Å². The van der Waals surface area contributed by atoms with Gasteiger partial charge in [-0.3, -0.25) is 47.9 Å². The molecule has 11 rings (SSSR count). The van der Waals surface area contributed by atoms with Gasteiger partial charge in [-0.2, -0.15) is 0 Å². The SMILES string of the molecule is CN[C@@H](C)C(=O)N[C@H]1CCCC[C@H]2CC[C@@H](C(=O)NCc3cccc(C(=O)OC4CCOC4=O)c3)N2C1=O.CN[C@@H](C)C(=O)N[C@H]1CCCC[C@H]2CC[C@@H](C(=O)NCc3cccc(OC4CCOC4=O)c3)N2C1=O.[2H]C([2H])=C([2H])C(=O)Nc1cccc(CNC(=O)[C@@H]2CC[C@@H]3CCCC[C@H](NC(=O)[C@H](C)NC)C(=O)N32)c1. The van der Waals surface area contributed by atoms with Crippen LogP contribution in [0.3, 0.4) is 0 Å². The van der Waals surface area contributed by atoms with E-state index in [1.807, 2.05) is 12.1 Å². The fourth-order valence-electron chi connectivity index (χ4n) is 15.0. The Balaban J connectivity index is 0.000000191. The number of cyclic esters (lactones) is 2. The van der Waals surface area contributed by atoms with E-state index in [1.54, 1.807) is 117 Å². The molecule has 0 bridgehead atoms. The number of esters is 3. The predicted octanol–water partition coefficient (Wildman–Crippen LogP) is 3.28. The fraction of sp³-hybridized carbons (Fsp3) is 0.577. The standard InChI is InChI=1S/C27H36N4O7.C26H36N4O6.C25H35N5O4/c1-16(28-2)23(32)30-20-9-4-3-8-19-10-11-21(31(19)25(20)34)24(33)29-15-17-6-5-7-18(14-17)26(35)38-22-12-13-37-27(22)36;1-16(27-2)23(31)29-20-9-4-3-7-18-10-11-21(30(18)25(20)33)24(32)28-15-17-6-5-8-19(14-17)36-22-12-13-35-26(22)34;1-4-22(31)28-18-9-7-8-17(14-18)15-27-24(33)21-13-12-19-10-5-6-11-20(25(34)30(19)21)29-23(32)16(2)26-3/h5-7,14,16,19-22,28H,3-4,8-13,15H2,1-2H3,(H,29,33)(H,30,32);5-6,8,14,16,18,20-22,27H,3-4,7,9-13,15H2,1-2H3,(H,28,32)(H,29,31);4,7-9,14,16,19-21,26H,1,5-6,10-13,15H2,2-3H3,(H,27,33)(H,28,31)(H,29,32)/t16-,19-,20-,21-,22?;16-,18-,20-,21-,22?;16-,19-,20-,21-/m000/s1/i;;1D2,4D. The molecule has 3 aromatic carbocycles. The minimum Gasteiger partial charge on any atom is -0.479 e. The maximum atomic E-state index is 13.5. The van der Waals surface area contributed by atoms with Crippen LogP contribution in [0.4, 0.5) is 5.69 Å². The first-order valence-corrected chi connectivity index (χ1v) is 37.9. The van der Waals surface area contributed by atoms with E-state index in [2.05, 4.69) is 53.2 Å². The van der Waals surface area contributed by atoms with Crippen molar-refractivity contribution in [2.24, 2.45) is 0 Å². The number of carbonyl (C=O) groups is 13. The molecular formula is C78H107N13O17. The first kappa shape index (κ1) is 77.8. The average Bonchev–Trinajstić information content (AvgIpc) is 1.68. The molecule has 10 N–H and O–H groups in total. The van der Waals surface area contributed by atoms with Crippen LogP contribution in [0.1, 0.15) is 180 Å². The zero-order chi connectivity index (χ0) is 80.0. The molecule has 0 saturated carbocycles. The third-order valence-corrected chi connectivity index (χ3v) is 21.4. The second-order valence-corrected chi connectivity index (χ2v) is 28.7. The van der Waals surface area contributed by atoms with Gasteiger partial charge in [-0.25, -0.2) is 14.4 Å². The number of hydrogen-bond donors (Lipinski definition) is 10. The number of nitrogens with zero attached hydrogens (tertiary/aromatic N) is 3. The van der Waals surface area contributed by atoms with Gasteiger partial charge in [0.2, 0.25) is 65.2 Å². The van der Waals surface area contributed by atoms with Crippen LogP contribution >= 0.6 is 0 Å². The number of carbonyl (C=O) groups excluding carboxylic acids is 13. The summed E-state index contributed by atoms with van der Waals surface area (Å²) in [6.07, 6.45) is 12.8. The maximum absolute atomic E-state index is 13.5. The lowest BCUT2D eigenvalue weighted by atomic mass is 9.98. The van der Waals surface area contributed by atoms with Crippen LogP contribution < -0.4 is 57.9 Å². The lowest BCUT2D eigenvalue weighted by Crippen LogP contribution is -2.57. The zero-order valence-corrected chi connectivity index (χ0v) is 62.5. The summed E-state index contributed by atoms with van der Waals surface area (Å²) in [7, 11) is 5.07. The van der Waals surface area contributed by atoms with E-state index in [0.29, 0.717) is 80.5 Å². The summed E-state index contributed by atoms with van der Waals surface area (Å²) in [5, 5.41) is 28.5. The van der Waals surface area contributed by atoms with Crippen molar-refractivity contribution in [1.29, 1.82) is 0 Å². The number of likely N-dealkylation sites (N-methyl/N-ethyl adjacent to an activating group) is 3. The summed E-state index contributed by atoms with van der Waals surface area (Å²) in [5.74, 6) is -3.92. The quantitative estimate of drug-likeness (QED) is 0.0349. The molecular weight excluding hydrogens is 1390 g/mol. The molecule has 8 fully saturated rings. The number of benzene rings is 3. The van der Waals surface area contributed by atoms with Gasteiger partial charge < -0.3 is 86.8 Å². The third kappa shape index (κ3) is 22.0. The van der Waals surface area contributed by atoms with Crippen LogP contribution in [-0.2, 0) is 91.4 Å². The Labute approximate surface area is 634 Å². The number of amides is 10. The number of fused-ring (bicyclic) bond motifs is 3. The highest BCUT2D eigenvalue weighted by Gasteiger charge is 2.47. The number of hydrogen-bond acceptors (Lipinski definition) is 20. The molecule has 14 atom stereocenters. The van der Waals surface area contributed by atoms with Gasteiger partial charge in [-0.15, -0.1) is 0 Å². The average molecular weight is 1500 g/mol. The van der Waals surface area contributed by atoms with Gasteiger partial charge in [0, 0.05) is 56.3 Å². The minimum absolute atomic E-state index is 0.0116. The molecule has 30 nitrogen and oxygen atoms in total. The second-order valence-electron chi connectivity index (χ2n) is 28.7. The highest BCUT2D eigenvalue weighted by molar-refractivity contribution is 5.99. The molecule has 0 aromatic heterocycles. The number of ether oxygens (including phenoxy) is 4. The molecule has 3 aromatic rings. The first-order chi connectivity index (χ1) is 53.3. The van der Waals surface area contributed by atoms with E-state index in [-0.39, 0.29) is 109 Å². The first-order valence-electron chi connectivity index (χ1n) is 39.4. The minimum atomic E-state index is -0.897. The molecule has 0 spiro atoms. The Morgan fingerprint density at radius 3 is 1.30 bits per heavy atom. The van der Waals surface area contributed by atoms with Gasteiger partial charge in [0.15, 0.2) is 6.10 Å². The van der Waals surface area contributed by atoms with Crippen molar-refractivity contribution in [1.82, 2.24) is 62.6 Å². The zero-order valence-electron chi connectivity index (χ0n) is 65.5. The van der Waals surface area contributed by atoms with Crippen LogP contribution in [0.5, 0.6) is 5.75 Å². The number of anilines is 1. The highest BCUT2D eigenvalue weighted by Crippen LogP contribution is 2.35. The van der Waals surface area contributed by atoms with E-state index in [0.717, 1.165) is 82.6 Å². The predicted molar refractivity (Wildman–Crippen MR) is 396 cm³/mol. The number of rotatable bonds is 24. The lowest BCUT2D eigenvalue weighted by molar-refractivity contribution is -0.145. The van der Waals surface area contributed by atoms with Gasteiger partial charge >= 0.3 is 17.9 Å². The normalized spacial score (nSPS) is 25.8. The maximum Gasteiger partial charge on any atom is 0.347 e. The van der Waals surface area contributed by atoms with Crippen LogP contribution in [0, 0.1) is 0 Å². The van der Waals surface area contributed by atoms with E-state index in [1.165, 1.54) is 0 Å². The Kier molecular flexibility index (Phi) is 28.7. The van der Waals surface area contributed by atoms with Crippen LogP contribution in [0.15, 0.2) is 85.4 Å². The van der Waals surface area contributed by atoms with E-state index in [9.17, 15) is 62.3 Å². The Hall–Kier alpha value is -9.81. The van der Waals surface area contributed by atoms with Crippen molar-refractivity contribution in [3.05, 3.63) is 108 Å². The molecule has 0 radical (unpaired) electrons. The van der Waals surface area contributed by atoms with Crippen LogP contribution in [0.25, 0.3) is 0 Å². The van der Waals surface area contributed by atoms with Gasteiger partial charge in [0.05, 0.1) is 41.0 Å². The fourth-order valence-corrected chi connectivity index (χ4v) is 15.0. The molecule has 8 aliphatic rings. The summed E-state index contributed by atoms with van der Waals surface area (Å²) >= 11 is 0. The van der Waals surface area contributed by atoms with Gasteiger partial charge in [-0.05, 0) is 178 Å². The Bertz CT molecular complexity index is 3900. The summed E-state index contributed by atoms with van der Waals surface area (Å²) in [5.41, 5.74) is 2.84. The topological polar surface area (TPSA) is 389 Å². The lowest BCUT2D eigenvalue weighted by Gasteiger charge is -2.35. The summed E-state index contributed by atoms with van der Waals surface area (Å²) in [6.45, 7) is 5.50. The molecule has 8 saturated heterocycles. The van der Waals surface area contributed by atoms with E-state index < -0.39 is 97.0 Å². The summed E-state index contributed by atoms with van der Waals surface area (Å²) in [6, 6.07) is 14.7. The molecule has 586 valence electrons. The largest absolute Gasteiger partial charge is 0.479 e. The van der Waals surface area contributed by atoms with Gasteiger partial charge in [0.25, 0.3) is 0 Å². The van der Waals surface area contributed by atoms with Crippen LogP contribution in [-0.4, -0.2) is 211 Å². The van der Waals surface area contributed by atoms with Crippen molar-refractivity contribution in [2.75, 3.05) is 39.7 Å². The molecule has 2 unspecified atom stereocenters. The molecule has 8 aliphatic heterocycles. The van der Waals surface area contributed by atoms with Crippen molar-refractivity contribution in [3.63, 3.8) is 0 Å². The van der Waals surface area contributed by atoms with E-state index >= 15 is 0 Å². The molecule has 108 heavy (non-hydrogen) atoms. The summed E-state index contributed by atoms with van der Waals surface area (Å²) < 4.78 is 42.4. The Morgan fingerprint density at radius 1 is 0.500 bits per heavy atom. The smallest absolute Gasteiger partial charge is 0.347 e. The molecule has 0 aliphatic carbocycles. The van der Waals surface area contributed by atoms with Crippen molar-refractivity contribution < 1.29 is 85.4 Å². The van der Waals surface area contributed by atoms with Crippen molar-refractivity contribution in [3.8, 4) is 5.75 Å².